The fraction of sp³-hybridized carbons (Fsp3) is 0.214. The molecular weight excluding hydrogens is 347 g/mol. The van der Waals surface area contributed by atoms with Crippen LogP contribution in [-0.4, -0.2) is 20.6 Å². The smallest absolute Gasteiger partial charge is 0.431 e. The molecule has 0 saturated carbocycles. The zero-order chi connectivity index (χ0) is 17.6. The normalized spacial score (nSPS) is 11.9. The second kappa shape index (κ2) is 5.48. The summed E-state index contributed by atoms with van der Waals surface area (Å²) < 4.78 is 49.6. The van der Waals surface area contributed by atoms with Gasteiger partial charge >= 0.3 is 11.9 Å². The molecule has 0 aliphatic heterocycles. The van der Waals surface area contributed by atoms with E-state index < -0.39 is 23.1 Å². The molecule has 0 spiro atoms. The maximum absolute atomic E-state index is 12.9. The van der Waals surface area contributed by atoms with E-state index in [1.54, 1.807) is 6.07 Å². The number of alkyl halides is 3. The van der Waals surface area contributed by atoms with Gasteiger partial charge in [-0.05, 0) is 29.7 Å². The number of ether oxygens (including phenoxy) is 1. The topological polar surface area (TPSA) is 66.1 Å². The third-order valence-corrected chi connectivity index (χ3v) is 4.29. The van der Waals surface area contributed by atoms with E-state index in [2.05, 4.69) is 4.37 Å². The second-order valence-electron chi connectivity index (χ2n) is 4.91. The second-order valence-corrected chi connectivity index (χ2v) is 5.72. The van der Waals surface area contributed by atoms with Crippen molar-refractivity contribution in [1.29, 1.82) is 0 Å². The van der Waals surface area contributed by atoms with Crippen LogP contribution in [-0.2, 0) is 13.2 Å². The predicted octanol–water partition coefficient (Wildman–Crippen LogP) is 2.17. The van der Waals surface area contributed by atoms with E-state index in [1.807, 2.05) is 0 Å². The van der Waals surface area contributed by atoms with E-state index in [0.717, 1.165) is 11.7 Å². The molecule has 0 amide bonds. The van der Waals surface area contributed by atoms with Crippen molar-refractivity contribution < 1.29 is 17.9 Å². The number of rotatable bonds is 2. The van der Waals surface area contributed by atoms with Crippen molar-refractivity contribution in [3.05, 3.63) is 50.8 Å². The lowest BCUT2D eigenvalue weighted by molar-refractivity contribution is -0.144. The van der Waals surface area contributed by atoms with Crippen LogP contribution in [0.3, 0.4) is 0 Å². The maximum Gasteiger partial charge on any atom is 0.431 e. The van der Waals surface area contributed by atoms with Crippen molar-refractivity contribution in [2.24, 2.45) is 7.05 Å². The number of hydrogen-bond acceptors (Lipinski definition) is 5. The van der Waals surface area contributed by atoms with Gasteiger partial charge in [-0.2, -0.15) is 17.5 Å². The Morgan fingerprint density at radius 2 is 1.92 bits per heavy atom. The summed E-state index contributed by atoms with van der Waals surface area (Å²) in [5, 5.41) is 0.564. The first-order chi connectivity index (χ1) is 11.2. The van der Waals surface area contributed by atoms with Gasteiger partial charge in [-0.25, -0.2) is 9.36 Å². The molecule has 3 aromatic rings. The number of halogens is 3. The van der Waals surface area contributed by atoms with Crippen molar-refractivity contribution in [1.82, 2.24) is 13.5 Å². The van der Waals surface area contributed by atoms with Gasteiger partial charge < -0.3 is 4.74 Å². The number of methoxy groups -OCH3 is 1. The van der Waals surface area contributed by atoms with E-state index in [0.29, 0.717) is 26.5 Å². The molecule has 0 aliphatic carbocycles. The molecule has 0 atom stereocenters. The van der Waals surface area contributed by atoms with Gasteiger partial charge in [-0.15, -0.1) is 0 Å². The molecule has 0 saturated heterocycles. The highest BCUT2D eigenvalue weighted by Crippen LogP contribution is 2.30. The van der Waals surface area contributed by atoms with Crippen LogP contribution >= 0.6 is 11.5 Å². The molecule has 126 valence electrons. The molecule has 0 aliphatic rings. The summed E-state index contributed by atoms with van der Waals surface area (Å²) in [5.74, 6) is 0.314. The highest BCUT2D eigenvalue weighted by atomic mass is 32.1. The van der Waals surface area contributed by atoms with Crippen molar-refractivity contribution in [3.63, 3.8) is 0 Å². The minimum Gasteiger partial charge on any atom is -0.480 e. The van der Waals surface area contributed by atoms with Crippen molar-refractivity contribution in [2.75, 3.05) is 7.11 Å². The maximum atomic E-state index is 12.9. The van der Waals surface area contributed by atoms with E-state index in [-0.39, 0.29) is 5.69 Å². The molecule has 2 aromatic heterocycles. The van der Waals surface area contributed by atoms with Gasteiger partial charge in [0.05, 0.1) is 22.9 Å². The summed E-state index contributed by atoms with van der Waals surface area (Å²) in [4.78, 5) is 24.4. The van der Waals surface area contributed by atoms with E-state index >= 15 is 0 Å². The molecule has 0 radical (unpaired) electrons. The number of nitrogens with zero attached hydrogens (tertiary/aromatic N) is 3. The Morgan fingerprint density at radius 1 is 1.21 bits per heavy atom. The average Bonchev–Trinajstić information content (AvgIpc) is 2.92. The molecule has 0 bridgehead atoms. The molecular formula is C14H10F3N3O3S. The molecule has 0 fully saturated rings. The first-order valence-corrected chi connectivity index (χ1v) is 7.35. The van der Waals surface area contributed by atoms with Crippen molar-refractivity contribution >= 4 is 21.6 Å². The third-order valence-electron chi connectivity index (χ3n) is 3.48. The Labute approximate surface area is 136 Å². The molecule has 0 unspecified atom stereocenters. The Morgan fingerprint density at radius 3 is 2.54 bits per heavy atom. The predicted molar refractivity (Wildman–Crippen MR) is 82.0 cm³/mol. The molecule has 6 nitrogen and oxygen atoms in total. The molecule has 3 rings (SSSR count). The molecule has 24 heavy (non-hydrogen) atoms. The lowest BCUT2D eigenvalue weighted by atomic mass is 10.2. The van der Waals surface area contributed by atoms with Crippen LogP contribution in [0.2, 0.25) is 0 Å². The molecule has 1 aromatic carbocycles. The monoisotopic (exact) mass is 357 g/mol. The van der Waals surface area contributed by atoms with Gasteiger partial charge in [0.2, 0.25) is 5.88 Å². The van der Waals surface area contributed by atoms with Gasteiger partial charge in [-0.3, -0.25) is 9.36 Å². The highest BCUT2D eigenvalue weighted by molar-refractivity contribution is 7.13. The lowest BCUT2D eigenvalue weighted by Crippen LogP contribution is -2.40. The summed E-state index contributed by atoms with van der Waals surface area (Å²) in [6.45, 7) is 0. The molecule has 0 N–H and O–H groups in total. The third kappa shape index (κ3) is 2.48. The first-order valence-electron chi connectivity index (χ1n) is 6.58. The minimum atomic E-state index is -4.80. The van der Waals surface area contributed by atoms with Gasteiger partial charge in [0.25, 0.3) is 5.56 Å². The van der Waals surface area contributed by atoms with Crippen LogP contribution in [0.4, 0.5) is 13.2 Å². The van der Waals surface area contributed by atoms with Crippen molar-refractivity contribution in [3.8, 4) is 11.6 Å². The van der Waals surface area contributed by atoms with Gasteiger partial charge in [0.15, 0.2) is 0 Å². The summed E-state index contributed by atoms with van der Waals surface area (Å²) in [5.41, 5.74) is -3.31. The van der Waals surface area contributed by atoms with Crippen LogP contribution in [0.15, 0.2) is 33.9 Å². The van der Waals surface area contributed by atoms with Crippen LogP contribution < -0.4 is 16.0 Å². The molecule has 10 heteroatoms. The SMILES string of the molecule is COc1nsc2ccc(-n3c(=O)cc(C(F)(F)F)n(C)c3=O)cc12. The zero-order valence-electron chi connectivity index (χ0n) is 12.4. The molecule has 2 heterocycles. The van der Waals surface area contributed by atoms with Gasteiger partial charge in [0, 0.05) is 13.1 Å². The van der Waals surface area contributed by atoms with Crippen molar-refractivity contribution in [2.45, 2.75) is 6.18 Å². The fourth-order valence-electron chi connectivity index (χ4n) is 2.33. The standard InChI is InChI=1S/C14H10F3N3O3S/c1-19-10(14(15,16)17)6-11(21)20(13(19)22)7-3-4-9-8(5-7)12(23-2)18-24-9/h3-6H,1-2H3. The summed E-state index contributed by atoms with van der Waals surface area (Å²) in [6.07, 6.45) is -4.80. The van der Waals surface area contributed by atoms with Crippen LogP contribution in [0, 0.1) is 0 Å². The van der Waals surface area contributed by atoms with Gasteiger partial charge in [-0.1, -0.05) is 0 Å². The highest BCUT2D eigenvalue weighted by Gasteiger charge is 2.35. The Kier molecular flexibility index (Phi) is 3.71. The number of benzene rings is 1. The summed E-state index contributed by atoms with van der Waals surface area (Å²) in [7, 11) is 2.39. The number of aromatic nitrogens is 3. The van der Waals surface area contributed by atoms with Crippen LogP contribution in [0.25, 0.3) is 15.8 Å². The Balaban J connectivity index is 2.29. The van der Waals surface area contributed by atoms with E-state index in [9.17, 15) is 22.8 Å². The van der Waals surface area contributed by atoms with Crippen LogP contribution in [0.1, 0.15) is 5.69 Å². The minimum absolute atomic E-state index is 0.139. The van der Waals surface area contributed by atoms with Crippen LogP contribution in [0.5, 0.6) is 5.88 Å². The Bertz CT molecular complexity index is 1050. The summed E-state index contributed by atoms with van der Waals surface area (Å²) >= 11 is 1.17. The van der Waals surface area contributed by atoms with E-state index in [1.165, 1.54) is 30.8 Å². The number of hydrogen-bond donors (Lipinski definition) is 0. The quantitative estimate of drug-likeness (QED) is 0.705. The fourth-order valence-corrected chi connectivity index (χ4v) is 3.05. The largest absolute Gasteiger partial charge is 0.480 e. The lowest BCUT2D eigenvalue weighted by Gasteiger charge is -2.13. The Hall–Kier alpha value is -2.62. The summed E-state index contributed by atoms with van der Waals surface area (Å²) in [6, 6.07) is 4.97. The number of fused-ring (bicyclic) bond motifs is 1. The van der Waals surface area contributed by atoms with Gasteiger partial charge in [0.1, 0.15) is 5.69 Å². The average molecular weight is 357 g/mol. The zero-order valence-corrected chi connectivity index (χ0v) is 13.2. The van der Waals surface area contributed by atoms with E-state index in [4.69, 9.17) is 4.74 Å². The first kappa shape index (κ1) is 16.2.